The number of hydrogen-bond donors (Lipinski definition) is 5. The van der Waals surface area contributed by atoms with Gasteiger partial charge in [-0.1, -0.05) is 5.57 Å². The van der Waals surface area contributed by atoms with Crippen LogP contribution < -0.4 is 21.3 Å². The number of allylic oxidation sites excluding steroid dienone is 2. The fraction of sp³-hybridized carbons (Fsp3) is 0.684. The number of hydrogen-bond acceptors (Lipinski definition) is 5. The van der Waals surface area contributed by atoms with Crippen LogP contribution in [0.25, 0.3) is 0 Å². The Balaban J connectivity index is 1.81. The Hall–Kier alpha value is -1.63. The molecule has 0 bridgehead atoms. The van der Waals surface area contributed by atoms with Gasteiger partial charge in [-0.05, 0) is 64.1 Å². The zero-order chi connectivity index (χ0) is 18.9. The third-order valence-corrected chi connectivity index (χ3v) is 5.25. The zero-order valence-corrected chi connectivity index (χ0v) is 16.8. The van der Waals surface area contributed by atoms with E-state index in [-0.39, 0.29) is 29.7 Å². The normalized spacial score (nSPS) is 18.0. The van der Waals surface area contributed by atoms with Gasteiger partial charge in [0.15, 0.2) is 0 Å². The van der Waals surface area contributed by atoms with Gasteiger partial charge in [-0.2, -0.15) is 12.6 Å². The average Bonchev–Trinajstić information content (AvgIpc) is 2.53. The van der Waals surface area contributed by atoms with Gasteiger partial charge in [0.05, 0.1) is 11.8 Å². The maximum Gasteiger partial charge on any atom is 0.242 e. The molecule has 26 heavy (non-hydrogen) atoms. The van der Waals surface area contributed by atoms with Gasteiger partial charge in [0.1, 0.15) is 6.04 Å². The number of rotatable bonds is 10. The molecule has 4 N–H and O–H groups in total. The van der Waals surface area contributed by atoms with Crippen LogP contribution in [0.4, 0.5) is 0 Å². The van der Waals surface area contributed by atoms with Gasteiger partial charge in [-0.3, -0.25) is 9.59 Å². The van der Waals surface area contributed by atoms with Crippen molar-refractivity contribution in [3.05, 3.63) is 23.0 Å². The summed E-state index contributed by atoms with van der Waals surface area (Å²) in [5.41, 5.74) is 3.85. The predicted octanol–water partition coefficient (Wildman–Crippen LogP) is 1.61. The SMILES string of the molecule is CC(NC=C1CCC1)C(=O)NC(C)C(NCCNC(=O)CS)=C1CCC1. The highest BCUT2D eigenvalue weighted by Gasteiger charge is 2.22. The maximum absolute atomic E-state index is 12.4. The van der Waals surface area contributed by atoms with Crippen LogP contribution in [0.1, 0.15) is 52.4 Å². The Labute approximate surface area is 162 Å². The summed E-state index contributed by atoms with van der Waals surface area (Å²) >= 11 is 3.94. The summed E-state index contributed by atoms with van der Waals surface area (Å²) in [7, 11) is 0. The van der Waals surface area contributed by atoms with E-state index in [1.54, 1.807) is 0 Å². The van der Waals surface area contributed by atoms with Crippen LogP contribution in [0.3, 0.4) is 0 Å². The molecular weight excluding hydrogens is 348 g/mol. The van der Waals surface area contributed by atoms with Gasteiger partial charge >= 0.3 is 0 Å². The molecule has 2 rings (SSSR count). The Bertz CT molecular complexity index is 562. The molecule has 7 heteroatoms. The summed E-state index contributed by atoms with van der Waals surface area (Å²) in [5, 5.41) is 12.5. The highest BCUT2D eigenvalue weighted by Crippen LogP contribution is 2.29. The van der Waals surface area contributed by atoms with Crippen LogP contribution in [-0.4, -0.2) is 42.7 Å². The van der Waals surface area contributed by atoms with Crippen molar-refractivity contribution in [3.8, 4) is 0 Å². The van der Waals surface area contributed by atoms with Gasteiger partial charge in [0.25, 0.3) is 0 Å². The lowest BCUT2D eigenvalue weighted by atomic mass is 9.88. The third-order valence-electron chi connectivity index (χ3n) is 4.96. The molecule has 0 aromatic carbocycles. The standard InChI is InChI=1S/C19H32N4O2S/c1-13(23-19(25)14(2)22-11-15-5-3-6-15)18(16-7-4-8-16)21-10-9-20-17(24)12-26/h11,13-14,21-22,26H,3-10,12H2,1-2H3,(H,20,24)(H,23,25). The minimum Gasteiger partial charge on any atom is -0.385 e. The van der Waals surface area contributed by atoms with E-state index in [4.69, 9.17) is 0 Å². The molecule has 6 nitrogen and oxygen atoms in total. The number of thiol groups is 1. The van der Waals surface area contributed by atoms with Crippen molar-refractivity contribution in [2.75, 3.05) is 18.8 Å². The Morgan fingerprint density at radius 1 is 1.04 bits per heavy atom. The molecule has 0 radical (unpaired) electrons. The first-order chi connectivity index (χ1) is 12.5. The van der Waals surface area contributed by atoms with Crippen molar-refractivity contribution in [3.63, 3.8) is 0 Å². The van der Waals surface area contributed by atoms with E-state index in [9.17, 15) is 9.59 Å². The first-order valence-electron chi connectivity index (χ1n) is 9.59. The largest absolute Gasteiger partial charge is 0.385 e. The molecule has 2 saturated carbocycles. The molecule has 2 amide bonds. The van der Waals surface area contributed by atoms with Gasteiger partial charge in [-0.25, -0.2) is 0 Å². The van der Waals surface area contributed by atoms with E-state index in [1.807, 2.05) is 20.0 Å². The van der Waals surface area contributed by atoms with Gasteiger partial charge < -0.3 is 21.3 Å². The molecule has 2 aliphatic carbocycles. The molecule has 0 aromatic rings. The summed E-state index contributed by atoms with van der Waals surface area (Å²) in [4.78, 5) is 23.7. The molecule has 2 fully saturated rings. The average molecular weight is 381 g/mol. The van der Waals surface area contributed by atoms with Crippen molar-refractivity contribution in [1.82, 2.24) is 21.3 Å². The minimum absolute atomic E-state index is 0.00345. The zero-order valence-electron chi connectivity index (χ0n) is 15.9. The quantitative estimate of drug-likeness (QED) is 0.295. The Morgan fingerprint density at radius 3 is 2.23 bits per heavy atom. The fourth-order valence-corrected chi connectivity index (χ4v) is 3.03. The molecule has 0 aromatic heterocycles. The van der Waals surface area contributed by atoms with Crippen molar-refractivity contribution >= 4 is 24.4 Å². The topological polar surface area (TPSA) is 82.3 Å². The van der Waals surface area contributed by atoms with Crippen LogP contribution in [0.2, 0.25) is 0 Å². The number of carbonyl (C=O) groups excluding carboxylic acids is 2. The fourth-order valence-electron chi connectivity index (χ4n) is 2.92. The second-order valence-electron chi connectivity index (χ2n) is 7.08. The number of carbonyl (C=O) groups is 2. The summed E-state index contributed by atoms with van der Waals surface area (Å²) in [6.45, 7) is 5.07. The van der Waals surface area contributed by atoms with Crippen molar-refractivity contribution in [2.24, 2.45) is 0 Å². The van der Waals surface area contributed by atoms with Crippen molar-refractivity contribution < 1.29 is 9.59 Å². The summed E-state index contributed by atoms with van der Waals surface area (Å²) in [5.74, 6) is 0.118. The lowest BCUT2D eigenvalue weighted by Gasteiger charge is -2.29. The molecule has 0 saturated heterocycles. The molecule has 0 spiro atoms. The minimum atomic E-state index is -0.257. The monoisotopic (exact) mass is 380 g/mol. The van der Waals surface area contributed by atoms with Crippen LogP contribution in [0.5, 0.6) is 0 Å². The molecule has 0 heterocycles. The molecule has 2 unspecified atom stereocenters. The Kier molecular flexibility index (Phi) is 8.35. The van der Waals surface area contributed by atoms with E-state index >= 15 is 0 Å². The van der Waals surface area contributed by atoms with Crippen LogP contribution in [-0.2, 0) is 9.59 Å². The molecular formula is C19H32N4O2S. The van der Waals surface area contributed by atoms with Crippen molar-refractivity contribution in [2.45, 2.75) is 64.5 Å². The summed E-state index contributed by atoms with van der Waals surface area (Å²) in [6, 6.07) is -0.327. The molecule has 2 atom stereocenters. The summed E-state index contributed by atoms with van der Waals surface area (Å²) in [6.07, 6.45) is 8.87. The first kappa shape index (κ1) is 20.7. The lowest BCUT2D eigenvalue weighted by Crippen LogP contribution is -2.47. The second kappa shape index (κ2) is 10.5. The smallest absolute Gasteiger partial charge is 0.242 e. The second-order valence-corrected chi connectivity index (χ2v) is 7.40. The van der Waals surface area contributed by atoms with Gasteiger partial charge in [0, 0.05) is 18.8 Å². The maximum atomic E-state index is 12.4. The first-order valence-corrected chi connectivity index (χ1v) is 10.2. The highest BCUT2D eigenvalue weighted by atomic mass is 32.1. The number of amides is 2. The van der Waals surface area contributed by atoms with E-state index in [0.717, 1.165) is 31.4 Å². The van der Waals surface area contributed by atoms with E-state index < -0.39 is 0 Å². The Morgan fingerprint density at radius 2 is 1.69 bits per heavy atom. The van der Waals surface area contributed by atoms with E-state index in [1.165, 1.54) is 24.0 Å². The van der Waals surface area contributed by atoms with Gasteiger partial charge in [0.2, 0.25) is 11.8 Å². The van der Waals surface area contributed by atoms with Gasteiger partial charge in [-0.15, -0.1) is 0 Å². The van der Waals surface area contributed by atoms with Crippen LogP contribution >= 0.6 is 12.6 Å². The molecule has 146 valence electrons. The van der Waals surface area contributed by atoms with Crippen molar-refractivity contribution in [1.29, 1.82) is 0 Å². The van der Waals surface area contributed by atoms with Crippen LogP contribution in [0, 0.1) is 0 Å². The van der Waals surface area contributed by atoms with Crippen LogP contribution in [0.15, 0.2) is 23.0 Å². The molecule has 0 aliphatic heterocycles. The highest BCUT2D eigenvalue weighted by molar-refractivity contribution is 7.81. The number of nitrogens with one attached hydrogen (secondary N) is 4. The van der Waals surface area contributed by atoms with E-state index in [2.05, 4.69) is 33.9 Å². The lowest BCUT2D eigenvalue weighted by molar-refractivity contribution is -0.123. The summed E-state index contributed by atoms with van der Waals surface area (Å²) < 4.78 is 0. The predicted molar refractivity (Wildman–Crippen MR) is 108 cm³/mol. The van der Waals surface area contributed by atoms with E-state index in [0.29, 0.717) is 13.1 Å². The third kappa shape index (κ3) is 6.27. The molecule has 2 aliphatic rings.